The van der Waals surface area contributed by atoms with Crippen molar-refractivity contribution in [3.8, 4) is 11.5 Å². The zero-order valence-electron chi connectivity index (χ0n) is 18.7. The number of nitrogens with zero attached hydrogens (tertiary/aromatic N) is 1. The molecule has 0 aromatic heterocycles. The van der Waals surface area contributed by atoms with Crippen molar-refractivity contribution in [3.63, 3.8) is 0 Å². The van der Waals surface area contributed by atoms with Crippen molar-refractivity contribution in [1.29, 1.82) is 0 Å². The molecule has 1 aliphatic carbocycles. The predicted octanol–water partition coefficient (Wildman–Crippen LogP) is 1.75. The van der Waals surface area contributed by atoms with E-state index in [9.17, 15) is 18.4 Å². The van der Waals surface area contributed by atoms with Crippen LogP contribution in [0.1, 0.15) is 30.7 Å². The maximum Gasteiger partial charge on any atom is 0.286 e. The molecule has 0 radical (unpaired) electrons. The molecule has 1 N–H and O–H groups in total. The van der Waals surface area contributed by atoms with Gasteiger partial charge in [0.1, 0.15) is 18.9 Å². The number of amides is 1. The number of nitrogens with one attached hydrogen (secondary N) is 1. The normalized spacial score (nSPS) is 19.5. The maximum absolute atomic E-state index is 13.1. The second-order valence-corrected chi connectivity index (χ2v) is 9.95. The smallest absolute Gasteiger partial charge is 0.286 e. The third-order valence-corrected chi connectivity index (χ3v) is 6.46. The number of benzene rings is 2. The Balaban J connectivity index is 1.40. The molecule has 0 bridgehead atoms. The van der Waals surface area contributed by atoms with Gasteiger partial charge < -0.3 is 24.6 Å². The minimum Gasteiger partial charge on any atom is -0.628 e. The fourth-order valence-corrected chi connectivity index (χ4v) is 4.37. The van der Waals surface area contributed by atoms with E-state index in [2.05, 4.69) is 4.18 Å². The molecule has 10 heteroatoms. The monoisotopic (exact) mass is 476 g/mol. The van der Waals surface area contributed by atoms with E-state index in [1.807, 2.05) is 24.3 Å². The Labute approximate surface area is 193 Å². The summed E-state index contributed by atoms with van der Waals surface area (Å²) in [6.45, 7) is 0.322. The summed E-state index contributed by atoms with van der Waals surface area (Å²) in [6.07, 6.45) is 3.82. The van der Waals surface area contributed by atoms with Crippen molar-refractivity contribution in [1.82, 2.24) is 0 Å². The van der Waals surface area contributed by atoms with E-state index in [1.54, 1.807) is 23.1 Å². The number of methoxy groups -OCH3 is 1. The highest BCUT2D eigenvalue weighted by Gasteiger charge is 2.38. The van der Waals surface area contributed by atoms with Crippen LogP contribution in [0.25, 0.3) is 0 Å². The van der Waals surface area contributed by atoms with Gasteiger partial charge in [-0.15, -0.1) is 0 Å². The van der Waals surface area contributed by atoms with Crippen LogP contribution >= 0.6 is 0 Å². The number of carbonyl (C=O) groups excluding carboxylic acids is 1. The van der Waals surface area contributed by atoms with Gasteiger partial charge in [0.15, 0.2) is 17.5 Å². The van der Waals surface area contributed by atoms with E-state index in [1.165, 1.54) is 25.5 Å². The second kappa shape index (κ2) is 9.68. The van der Waals surface area contributed by atoms with Crippen LogP contribution in [0.15, 0.2) is 42.5 Å². The van der Waals surface area contributed by atoms with E-state index in [0.717, 1.165) is 6.26 Å². The highest BCUT2D eigenvalue weighted by molar-refractivity contribution is 7.85. The van der Waals surface area contributed by atoms with E-state index >= 15 is 0 Å². The zero-order valence-corrected chi connectivity index (χ0v) is 19.5. The van der Waals surface area contributed by atoms with Crippen LogP contribution in [0.5, 0.6) is 11.5 Å². The van der Waals surface area contributed by atoms with Crippen molar-refractivity contribution in [2.75, 3.05) is 38.0 Å². The fraction of sp³-hybridized carbons (Fsp3) is 0.435. The highest BCUT2D eigenvalue weighted by atomic mass is 32.2. The summed E-state index contributed by atoms with van der Waals surface area (Å²) in [7, 11) is -2.06. The second-order valence-electron chi connectivity index (χ2n) is 8.30. The maximum atomic E-state index is 13.1. The van der Waals surface area contributed by atoms with E-state index < -0.39 is 16.2 Å². The minimum atomic E-state index is -3.54. The molecular formula is C23H28N2O7S. The number of hydrogen-bond acceptors (Lipinski definition) is 7. The van der Waals surface area contributed by atoms with Crippen molar-refractivity contribution >= 4 is 27.4 Å². The molecule has 2 aromatic rings. The number of rotatable bonds is 10. The lowest BCUT2D eigenvalue weighted by Gasteiger charge is -2.27. The first-order valence-corrected chi connectivity index (χ1v) is 12.7. The molecule has 33 heavy (non-hydrogen) atoms. The molecule has 1 aliphatic heterocycles. The summed E-state index contributed by atoms with van der Waals surface area (Å²) < 4.78 is 37.6. The zero-order chi connectivity index (χ0) is 23.6. The lowest BCUT2D eigenvalue weighted by atomic mass is 10.1. The van der Waals surface area contributed by atoms with Gasteiger partial charge >= 0.3 is 0 Å². The van der Waals surface area contributed by atoms with Gasteiger partial charge in [0, 0.05) is 24.7 Å². The first-order valence-electron chi connectivity index (χ1n) is 10.9. The Hall–Kier alpha value is -2.66. The molecule has 9 nitrogen and oxygen atoms in total. The van der Waals surface area contributed by atoms with Gasteiger partial charge in [-0.3, -0.25) is 8.98 Å². The van der Waals surface area contributed by atoms with E-state index in [-0.39, 0.29) is 24.2 Å². The van der Waals surface area contributed by atoms with Gasteiger partial charge in [-0.1, -0.05) is 12.1 Å². The molecule has 2 aromatic carbocycles. The Kier molecular flexibility index (Phi) is 6.89. The summed E-state index contributed by atoms with van der Waals surface area (Å²) in [5.41, 5.74) is 2.43. The van der Waals surface area contributed by atoms with Crippen LogP contribution in [0.4, 0.5) is 11.4 Å². The fourth-order valence-electron chi connectivity index (χ4n) is 4.00. The third kappa shape index (κ3) is 5.64. The quantitative estimate of drug-likeness (QED) is 0.316. The molecule has 1 unspecified atom stereocenters. The summed E-state index contributed by atoms with van der Waals surface area (Å²) >= 11 is 0. The van der Waals surface area contributed by atoms with E-state index in [4.69, 9.17) is 9.47 Å². The molecule has 2 fully saturated rings. The standard InChI is InChI=1S/C23H28N2O7S/c1-30-22-15-19(9-10-21(22)31-13-14-32-33(2,28)29)24-12-11-20(23(24)26)25(27)18-7-5-17(6-8-18)16-3-4-16/h5-10,15-16,20,25H,3-4,11-14H2,1-2H3/t20-/m0/s1. The summed E-state index contributed by atoms with van der Waals surface area (Å²) in [5.74, 6) is 1.17. The molecule has 4 rings (SSSR count). The number of anilines is 1. The van der Waals surface area contributed by atoms with Crippen LogP contribution in [-0.2, 0) is 19.1 Å². The molecule has 1 saturated heterocycles. The average Bonchev–Trinajstić information content (AvgIpc) is 3.58. The van der Waals surface area contributed by atoms with Gasteiger partial charge in [0.25, 0.3) is 16.0 Å². The Bertz CT molecular complexity index is 1100. The van der Waals surface area contributed by atoms with Crippen LogP contribution in [0, 0.1) is 5.21 Å². The number of hydroxylamine groups is 1. The third-order valence-electron chi connectivity index (χ3n) is 5.86. The van der Waals surface area contributed by atoms with Gasteiger partial charge in [0.2, 0.25) is 0 Å². The molecule has 1 saturated carbocycles. The Morgan fingerprint density at radius 1 is 1.06 bits per heavy atom. The summed E-state index contributed by atoms with van der Waals surface area (Å²) in [6, 6.07) is 12.0. The first-order chi connectivity index (χ1) is 15.8. The van der Waals surface area contributed by atoms with E-state index in [0.29, 0.717) is 41.8 Å². The number of quaternary nitrogens is 1. The number of carbonyl (C=O) groups is 1. The molecule has 2 aliphatic rings. The summed E-state index contributed by atoms with van der Waals surface area (Å²) in [4.78, 5) is 14.6. The molecule has 1 amide bonds. The van der Waals surface area contributed by atoms with Crippen molar-refractivity contribution < 1.29 is 31.9 Å². The van der Waals surface area contributed by atoms with Gasteiger partial charge in [-0.2, -0.15) is 8.42 Å². The van der Waals surface area contributed by atoms with Gasteiger partial charge in [-0.05, 0) is 48.6 Å². The number of ether oxygens (including phenoxy) is 2. The predicted molar refractivity (Wildman–Crippen MR) is 122 cm³/mol. The van der Waals surface area contributed by atoms with Gasteiger partial charge in [-0.25, -0.2) is 0 Å². The van der Waals surface area contributed by atoms with Crippen molar-refractivity contribution in [3.05, 3.63) is 53.2 Å². The van der Waals surface area contributed by atoms with Crippen molar-refractivity contribution in [2.45, 2.75) is 31.2 Å². The minimum absolute atomic E-state index is 0.0154. The Morgan fingerprint density at radius 2 is 1.79 bits per heavy atom. The number of hydrogen-bond donors (Lipinski definition) is 1. The molecular weight excluding hydrogens is 448 g/mol. The molecule has 1 heterocycles. The first kappa shape index (κ1) is 23.5. The highest BCUT2D eigenvalue weighted by Crippen LogP contribution is 2.40. The van der Waals surface area contributed by atoms with Crippen LogP contribution in [0.3, 0.4) is 0 Å². The largest absolute Gasteiger partial charge is 0.628 e. The molecule has 2 atom stereocenters. The van der Waals surface area contributed by atoms with Gasteiger partial charge in [0.05, 0.1) is 13.4 Å². The topological polar surface area (TPSA) is 110 Å². The molecule has 0 spiro atoms. The van der Waals surface area contributed by atoms with Crippen LogP contribution in [0.2, 0.25) is 0 Å². The van der Waals surface area contributed by atoms with Crippen LogP contribution < -0.4 is 19.4 Å². The average molecular weight is 477 g/mol. The molecule has 178 valence electrons. The lowest BCUT2D eigenvalue weighted by Crippen LogP contribution is -3.07. The lowest BCUT2D eigenvalue weighted by molar-refractivity contribution is -0.794. The van der Waals surface area contributed by atoms with Crippen LogP contribution in [-0.4, -0.2) is 53.5 Å². The van der Waals surface area contributed by atoms with Crippen molar-refractivity contribution in [2.24, 2.45) is 0 Å². The SMILES string of the molecule is COc1cc(N2CC[C@H]([NH+]([O-])c3ccc(C4CC4)cc3)C2=O)ccc1OCCOS(C)(=O)=O. The summed E-state index contributed by atoms with van der Waals surface area (Å²) in [5, 5.41) is 12.8. The Morgan fingerprint density at radius 3 is 2.42 bits per heavy atom.